The van der Waals surface area contributed by atoms with Crippen molar-refractivity contribution >= 4 is 40.4 Å². The van der Waals surface area contributed by atoms with Crippen molar-refractivity contribution in [1.82, 2.24) is 0 Å². The summed E-state index contributed by atoms with van der Waals surface area (Å²) in [6.07, 6.45) is 0. The lowest BCUT2D eigenvalue weighted by molar-refractivity contribution is -0.120. The Morgan fingerprint density at radius 2 is 1.38 bits per heavy atom. The maximum Gasteiger partial charge on any atom is 0.282 e. The minimum absolute atomic E-state index is 0.259. The molecule has 4 nitrogen and oxygen atoms in total. The topological polar surface area (TPSA) is 49.4 Å². The Hall–Kier alpha value is -3.37. The fourth-order valence-electron chi connectivity index (χ4n) is 3.41. The molecule has 1 N–H and O–H groups in total. The van der Waals surface area contributed by atoms with Crippen molar-refractivity contribution in [3.63, 3.8) is 0 Å². The van der Waals surface area contributed by atoms with Gasteiger partial charge in [-0.05, 0) is 54.8 Å². The van der Waals surface area contributed by atoms with Crippen LogP contribution in [0, 0.1) is 13.8 Å². The molecule has 0 atom stereocenters. The number of nitrogens with zero attached hydrogens (tertiary/aromatic N) is 1. The molecule has 3 aromatic rings. The number of aryl methyl sites for hydroxylation is 2. The normalized spacial score (nSPS) is 14.0. The molecular formula is C24H19ClN2O2. The van der Waals surface area contributed by atoms with Gasteiger partial charge in [-0.25, -0.2) is 4.90 Å². The molecule has 1 aliphatic rings. The minimum atomic E-state index is -0.377. The maximum atomic E-state index is 13.4. The van der Waals surface area contributed by atoms with Crippen LogP contribution < -0.4 is 10.2 Å². The van der Waals surface area contributed by atoms with E-state index in [0.29, 0.717) is 21.8 Å². The largest absolute Gasteiger partial charge is 0.350 e. The van der Waals surface area contributed by atoms with E-state index in [1.54, 1.807) is 30.3 Å². The van der Waals surface area contributed by atoms with Gasteiger partial charge in [-0.1, -0.05) is 60.1 Å². The van der Waals surface area contributed by atoms with Gasteiger partial charge in [0, 0.05) is 10.7 Å². The Balaban J connectivity index is 1.86. The fourth-order valence-corrected chi connectivity index (χ4v) is 3.54. The second kappa shape index (κ2) is 7.57. The first-order valence-electron chi connectivity index (χ1n) is 9.24. The zero-order chi connectivity index (χ0) is 20.5. The lowest BCUT2D eigenvalue weighted by Crippen LogP contribution is -2.33. The van der Waals surface area contributed by atoms with Gasteiger partial charge in [0.1, 0.15) is 5.70 Å². The predicted molar refractivity (Wildman–Crippen MR) is 117 cm³/mol. The quantitative estimate of drug-likeness (QED) is 0.598. The van der Waals surface area contributed by atoms with Gasteiger partial charge < -0.3 is 5.32 Å². The SMILES string of the molecule is Cc1ccccc1NC1=C(c2ccc(Cl)cc2)C(=O)N(c2ccccc2C)C1=O. The molecule has 29 heavy (non-hydrogen) atoms. The summed E-state index contributed by atoms with van der Waals surface area (Å²) in [5.41, 5.74) is 4.41. The van der Waals surface area contributed by atoms with Crippen molar-refractivity contribution in [3.05, 3.63) is 100 Å². The molecule has 3 aromatic carbocycles. The first-order chi connectivity index (χ1) is 14.0. The molecule has 0 bridgehead atoms. The molecule has 0 aromatic heterocycles. The van der Waals surface area contributed by atoms with E-state index in [9.17, 15) is 9.59 Å². The highest BCUT2D eigenvalue weighted by atomic mass is 35.5. The highest BCUT2D eigenvalue weighted by molar-refractivity contribution is 6.46. The van der Waals surface area contributed by atoms with Gasteiger partial charge in [-0.15, -0.1) is 0 Å². The molecular weight excluding hydrogens is 384 g/mol. The summed E-state index contributed by atoms with van der Waals surface area (Å²) in [6.45, 7) is 3.83. The second-order valence-electron chi connectivity index (χ2n) is 6.93. The summed E-state index contributed by atoms with van der Waals surface area (Å²) in [5, 5.41) is 3.77. The van der Waals surface area contributed by atoms with Crippen molar-refractivity contribution in [2.75, 3.05) is 10.2 Å². The Kier molecular flexibility index (Phi) is 4.95. The second-order valence-corrected chi connectivity index (χ2v) is 7.37. The van der Waals surface area contributed by atoms with Gasteiger partial charge in [0.05, 0.1) is 11.3 Å². The van der Waals surface area contributed by atoms with E-state index in [1.807, 2.05) is 56.3 Å². The molecule has 0 unspecified atom stereocenters. The summed E-state index contributed by atoms with van der Waals surface area (Å²) >= 11 is 6.02. The summed E-state index contributed by atoms with van der Waals surface area (Å²) in [6, 6.07) is 21.9. The van der Waals surface area contributed by atoms with Crippen LogP contribution in [0.4, 0.5) is 11.4 Å². The number of carbonyl (C=O) groups excluding carboxylic acids is 2. The number of carbonyl (C=O) groups is 2. The molecule has 0 saturated heterocycles. The first-order valence-corrected chi connectivity index (χ1v) is 9.62. The van der Waals surface area contributed by atoms with Crippen molar-refractivity contribution < 1.29 is 9.59 Å². The lowest BCUT2D eigenvalue weighted by atomic mass is 10.0. The number of anilines is 2. The van der Waals surface area contributed by atoms with E-state index in [2.05, 4.69) is 5.32 Å². The number of halogens is 1. The number of hydrogen-bond acceptors (Lipinski definition) is 3. The van der Waals surface area contributed by atoms with E-state index in [0.717, 1.165) is 16.8 Å². The predicted octanol–water partition coefficient (Wildman–Crippen LogP) is 5.35. The molecule has 5 heteroatoms. The molecule has 0 fully saturated rings. The van der Waals surface area contributed by atoms with Crippen molar-refractivity contribution in [2.45, 2.75) is 13.8 Å². The Labute approximate surface area is 174 Å². The molecule has 0 aliphatic carbocycles. The zero-order valence-electron chi connectivity index (χ0n) is 16.1. The lowest BCUT2D eigenvalue weighted by Gasteiger charge is -2.18. The maximum absolute atomic E-state index is 13.4. The number of amides is 2. The molecule has 1 aliphatic heterocycles. The summed E-state index contributed by atoms with van der Waals surface area (Å²) < 4.78 is 0. The first kappa shape index (κ1) is 19.0. The van der Waals surface area contributed by atoms with E-state index in [4.69, 9.17) is 11.6 Å². The highest BCUT2D eigenvalue weighted by Crippen LogP contribution is 2.35. The van der Waals surface area contributed by atoms with Crippen LogP contribution in [0.3, 0.4) is 0 Å². The average molecular weight is 403 g/mol. The van der Waals surface area contributed by atoms with Crippen LogP contribution in [0.15, 0.2) is 78.5 Å². The van der Waals surface area contributed by atoms with Crippen LogP contribution >= 0.6 is 11.6 Å². The van der Waals surface area contributed by atoms with Crippen molar-refractivity contribution in [2.24, 2.45) is 0 Å². The third kappa shape index (κ3) is 3.43. The average Bonchev–Trinajstić information content (AvgIpc) is 2.95. The number of rotatable bonds is 4. The third-order valence-electron chi connectivity index (χ3n) is 4.98. The number of nitrogens with one attached hydrogen (secondary N) is 1. The van der Waals surface area contributed by atoms with Gasteiger partial charge in [0.2, 0.25) is 0 Å². The van der Waals surface area contributed by atoms with Crippen LogP contribution in [0.5, 0.6) is 0 Å². The van der Waals surface area contributed by atoms with Gasteiger partial charge >= 0.3 is 0 Å². The van der Waals surface area contributed by atoms with Gasteiger partial charge in [-0.3, -0.25) is 9.59 Å². The zero-order valence-corrected chi connectivity index (χ0v) is 16.8. The highest BCUT2D eigenvalue weighted by Gasteiger charge is 2.40. The number of para-hydroxylation sites is 2. The monoisotopic (exact) mass is 402 g/mol. The smallest absolute Gasteiger partial charge is 0.282 e. The molecule has 0 radical (unpaired) electrons. The van der Waals surface area contributed by atoms with Gasteiger partial charge in [0.25, 0.3) is 11.8 Å². The summed E-state index contributed by atoms with van der Waals surface area (Å²) in [5.74, 6) is -0.736. The number of imide groups is 1. The van der Waals surface area contributed by atoms with Crippen LogP contribution in [-0.4, -0.2) is 11.8 Å². The molecule has 2 amide bonds. The van der Waals surface area contributed by atoms with E-state index >= 15 is 0 Å². The fraction of sp³-hybridized carbons (Fsp3) is 0.0833. The van der Waals surface area contributed by atoms with Crippen molar-refractivity contribution in [3.8, 4) is 0 Å². The Morgan fingerprint density at radius 1 is 0.759 bits per heavy atom. The summed E-state index contributed by atoms with van der Waals surface area (Å²) in [7, 11) is 0. The molecule has 4 rings (SSSR count). The van der Waals surface area contributed by atoms with Crippen LogP contribution in [-0.2, 0) is 9.59 Å². The van der Waals surface area contributed by atoms with E-state index in [-0.39, 0.29) is 17.5 Å². The van der Waals surface area contributed by atoms with Crippen molar-refractivity contribution in [1.29, 1.82) is 0 Å². The molecule has 1 heterocycles. The third-order valence-corrected chi connectivity index (χ3v) is 5.23. The van der Waals surface area contributed by atoms with E-state index < -0.39 is 0 Å². The molecule has 144 valence electrons. The van der Waals surface area contributed by atoms with Gasteiger partial charge in [0.15, 0.2) is 0 Å². The summed E-state index contributed by atoms with van der Waals surface area (Å²) in [4.78, 5) is 28.0. The Bertz CT molecular complexity index is 1150. The number of benzene rings is 3. The standard InChI is InChI=1S/C24H19ClN2O2/c1-15-7-3-5-9-19(15)26-22-21(17-11-13-18(25)14-12-17)23(28)27(24(22)29)20-10-6-4-8-16(20)2/h3-14,26H,1-2H3. The van der Waals surface area contributed by atoms with Crippen LogP contribution in [0.2, 0.25) is 5.02 Å². The number of hydrogen-bond donors (Lipinski definition) is 1. The van der Waals surface area contributed by atoms with E-state index in [1.165, 1.54) is 4.90 Å². The molecule has 0 saturated carbocycles. The minimum Gasteiger partial charge on any atom is -0.350 e. The van der Waals surface area contributed by atoms with Gasteiger partial charge in [-0.2, -0.15) is 0 Å². The molecule has 0 spiro atoms. The Morgan fingerprint density at radius 3 is 2.03 bits per heavy atom. The van der Waals surface area contributed by atoms with Crippen LogP contribution in [0.1, 0.15) is 16.7 Å². The van der Waals surface area contributed by atoms with Crippen LogP contribution in [0.25, 0.3) is 5.57 Å².